The smallest absolute Gasteiger partial charge is 0.251 e. The minimum atomic E-state index is -0.859. The van der Waals surface area contributed by atoms with Gasteiger partial charge in [0.15, 0.2) is 0 Å². The topological polar surface area (TPSA) is 71.5 Å². The third kappa shape index (κ3) is 5.58. The van der Waals surface area contributed by atoms with Gasteiger partial charge in [-0.2, -0.15) is 0 Å². The number of rotatable bonds is 6. The predicted octanol–water partition coefficient (Wildman–Crippen LogP) is 3.93. The van der Waals surface area contributed by atoms with Crippen LogP contribution in [0.15, 0.2) is 61.4 Å². The average molecular weight is 422 g/mol. The first kappa shape index (κ1) is 22.7. The van der Waals surface area contributed by atoms with E-state index in [9.17, 15) is 9.59 Å². The Labute approximate surface area is 184 Å². The van der Waals surface area contributed by atoms with Crippen LogP contribution in [-0.2, 0) is 19.7 Å². The zero-order chi connectivity index (χ0) is 22.4. The summed E-state index contributed by atoms with van der Waals surface area (Å²) in [5, 5.41) is 3.11. The molecule has 2 amide bonds. The lowest BCUT2D eigenvalue weighted by molar-refractivity contribution is -0.126. The van der Waals surface area contributed by atoms with Crippen molar-refractivity contribution in [3.8, 4) is 0 Å². The summed E-state index contributed by atoms with van der Waals surface area (Å²) in [5.41, 5.74) is 2.40. The molecule has 2 aromatic rings. The lowest BCUT2D eigenvalue weighted by atomic mass is 9.87. The first-order chi connectivity index (χ1) is 14.8. The average Bonchev–Trinajstić information content (AvgIpc) is 2.77. The largest absolute Gasteiger partial charge is 0.381 e. The molecule has 164 valence electrons. The first-order valence-electron chi connectivity index (χ1n) is 10.7. The van der Waals surface area contributed by atoms with Gasteiger partial charge in [-0.3, -0.25) is 19.5 Å². The van der Waals surface area contributed by atoms with Crippen molar-refractivity contribution in [2.45, 2.75) is 51.1 Å². The van der Waals surface area contributed by atoms with E-state index >= 15 is 0 Å². The predicted molar refractivity (Wildman–Crippen MR) is 122 cm³/mol. The third-order valence-corrected chi connectivity index (χ3v) is 5.50. The summed E-state index contributed by atoms with van der Waals surface area (Å²) < 4.78 is 5.40. The number of aromatic nitrogens is 1. The second-order valence-electron chi connectivity index (χ2n) is 8.79. The van der Waals surface area contributed by atoms with Gasteiger partial charge < -0.3 is 10.1 Å². The van der Waals surface area contributed by atoms with Crippen molar-refractivity contribution in [2.24, 2.45) is 0 Å². The van der Waals surface area contributed by atoms with E-state index in [1.165, 1.54) is 11.0 Å². The van der Waals surface area contributed by atoms with E-state index in [2.05, 4.69) is 37.7 Å². The Morgan fingerprint density at radius 1 is 1.19 bits per heavy atom. The Balaban J connectivity index is 2.00. The SMILES string of the molecule is C=CC(=O)N(c1ccc(C(C)(C)C)cc1)C(C(=O)NC1CCOCC1)c1cccnc1. The summed E-state index contributed by atoms with van der Waals surface area (Å²) in [5.74, 6) is -0.588. The molecule has 1 saturated heterocycles. The van der Waals surface area contributed by atoms with Crippen molar-refractivity contribution in [1.82, 2.24) is 10.3 Å². The van der Waals surface area contributed by atoms with Gasteiger partial charge in [0.05, 0.1) is 0 Å². The number of hydrogen-bond donors (Lipinski definition) is 1. The van der Waals surface area contributed by atoms with Crippen LogP contribution in [-0.4, -0.2) is 36.1 Å². The number of hydrogen-bond acceptors (Lipinski definition) is 4. The maximum atomic E-state index is 13.5. The number of carbonyl (C=O) groups excluding carboxylic acids is 2. The van der Waals surface area contributed by atoms with E-state index in [0.717, 1.165) is 18.4 Å². The van der Waals surface area contributed by atoms with Crippen LogP contribution in [0, 0.1) is 0 Å². The number of pyridine rings is 1. The highest BCUT2D eigenvalue weighted by Crippen LogP contribution is 2.31. The normalized spacial score (nSPS) is 15.7. The molecular formula is C25H31N3O3. The number of anilines is 1. The van der Waals surface area contributed by atoms with E-state index in [1.807, 2.05) is 30.3 Å². The molecule has 1 fully saturated rings. The summed E-state index contributed by atoms with van der Waals surface area (Å²) in [4.78, 5) is 32.1. The van der Waals surface area contributed by atoms with E-state index in [-0.39, 0.29) is 23.3 Å². The molecule has 2 heterocycles. The van der Waals surface area contributed by atoms with Crippen LogP contribution in [0.5, 0.6) is 0 Å². The van der Waals surface area contributed by atoms with Crippen LogP contribution in [0.4, 0.5) is 5.69 Å². The molecule has 6 nitrogen and oxygen atoms in total. The van der Waals surface area contributed by atoms with Gasteiger partial charge in [-0.25, -0.2) is 0 Å². The molecule has 1 unspecified atom stereocenters. The van der Waals surface area contributed by atoms with Gasteiger partial charge in [0.2, 0.25) is 5.91 Å². The number of amides is 2. The van der Waals surface area contributed by atoms with Crippen LogP contribution >= 0.6 is 0 Å². The third-order valence-electron chi connectivity index (χ3n) is 5.50. The van der Waals surface area contributed by atoms with Crippen molar-refractivity contribution in [3.63, 3.8) is 0 Å². The fourth-order valence-corrected chi connectivity index (χ4v) is 3.70. The number of nitrogens with zero attached hydrogens (tertiary/aromatic N) is 2. The van der Waals surface area contributed by atoms with E-state index < -0.39 is 6.04 Å². The molecule has 0 spiro atoms. The number of nitrogens with one attached hydrogen (secondary N) is 1. The fourth-order valence-electron chi connectivity index (χ4n) is 3.70. The standard InChI is InChI=1S/C25H31N3O3/c1-5-22(29)28(21-10-8-19(9-11-21)25(2,3)4)23(18-7-6-14-26-17-18)24(30)27-20-12-15-31-16-13-20/h5-11,14,17,20,23H,1,12-13,15-16H2,2-4H3,(H,27,30). The summed E-state index contributed by atoms with van der Waals surface area (Å²) in [6, 6.07) is 10.5. The molecule has 1 aromatic carbocycles. The Hall–Kier alpha value is -2.99. The highest BCUT2D eigenvalue weighted by molar-refractivity contribution is 6.06. The fraction of sp³-hybridized carbons (Fsp3) is 0.400. The lowest BCUT2D eigenvalue weighted by Crippen LogP contribution is -2.47. The molecule has 6 heteroatoms. The van der Waals surface area contributed by atoms with Gasteiger partial charge in [0.25, 0.3) is 5.91 Å². The quantitative estimate of drug-likeness (QED) is 0.718. The summed E-state index contributed by atoms with van der Waals surface area (Å²) in [7, 11) is 0. The maximum Gasteiger partial charge on any atom is 0.251 e. The van der Waals surface area contributed by atoms with Crippen molar-refractivity contribution in [2.75, 3.05) is 18.1 Å². The van der Waals surface area contributed by atoms with Crippen molar-refractivity contribution >= 4 is 17.5 Å². The second kappa shape index (κ2) is 9.88. The van der Waals surface area contributed by atoms with Gasteiger partial charge in [0, 0.05) is 42.9 Å². The Morgan fingerprint density at radius 2 is 1.87 bits per heavy atom. The van der Waals surface area contributed by atoms with E-state index in [4.69, 9.17) is 4.74 Å². The molecule has 0 aliphatic carbocycles. The van der Waals surface area contributed by atoms with Crippen molar-refractivity contribution in [1.29, 1.82) is 0 Å². The molecule has 3 rings (SSSR count). The van der Waals surface area contributed by atoms with Crippen molar-refractivity contribution in [3.05, 3.63) is 72.6 Å². The molecular weight excluding hydrogens is 390 g/mol. The number of carbonyl (C=O) groups is 2. The molecule has 0 radical (unpaired) electrons. The Kier molecular flexibility index (Phi) is 7.23. The minimum Gasteiger partial charge on any atom is -0.381 e. The zero-order valence-electron chi connectivity index (χ0n) is 18.5. The van der Waals surface area contributed by atoms with Gasteiger partial charge in [-0.15, -0.1) is 0 Å². The second-order valence-corrected chi connectivity index (χ2v) is 8.79. The van der Waals surface area contributed by atoms with E-state index in [0.29, 0.717) is 24.5 Å². The molecule has 1 N–H and O–H groups in total. The molecule has 1 aromatic heterocycles. The van der Waals surface area contributed by atoms with Gasteiger partial charge >= 0.3 is 0 Å². The molecule has 1 aliphatic heterocycles. The summed E-state index contributed by atoms with van der Waals surface area (Å²) in [6.07, 6.45) is 6.01. The molecule has 0 saturated carbocycles. The number of benzene rings is 1. The number of ether oxygens (including phenoxy) is 1. The maximum absolute atomic E-state index is 13.5. The first-order valence-corrected chi connectivity index (χ1v) is 10.7. The minimum absolute atomic E-state index is 0.0179. The van der Waals surface area contributed by atoms with Gasteiger partial charge in [-0.05, 0) is 48.1 Å². The molecule has 0 bridgehead atoms. The molecule has 31 heavy (non-hydrogen) atoms. The van der Waals surface area contributed by atoms with Crippen LogP contribution in [0.1, 0.15) is 50.8 Å². The van der Waals surface area contributed by atoms with Crippen LogP contribution in [0.2, 0.25) is 0 Å². The van der Waals surface area contributed by atoms with Gasteiger partial charge in [0.1, 0.15) is 6.04 Å². The Morgan fingerprint density at radius 3 is 2.42 bits per heavy atom. The summed E-state index contributed by atoms with van der Waals surface area (Å²) >= 11 is 0. The van der Waals surface area contributed by atoms with Crippen LogP contribution in [0.25, 0.3) is 0 Å². The molecule has 1 atom stereocenters. The molecule has 1 aliphatic rings. The van der Waals surface area contributed by atoms with Crippen LogP contribution in [0.3, 0.4) is 0 Å². The van der Waals surface area contributed by atoms with Gasteiger partial charge in [-0.1, -0.05) is 45.5 Å². The van der Waals surface area contributed by atoms with E-state index in [1.54, 1.807) is 18.5 Å². The monoisotopic (exact) mass is 421 g/mol. The van der Waals surface area contributed by atoms with Crippen LogP contribution < -0.4 is 10.2 Å². The summed E-state index contributed by atoms with van der Waals surface area (Å²) in [6.45, 7) is 11.3. The van der Waals surface area contributed by atoms with Crippen molar-refractivity contribution < 1.29 is 14.3 Å². The zero-order valence-corrected chi connectivity index (χ0v) is 18.5. The lowest BCUT2D eigenvalue weighted by Gasteiger charge is -2.33. The highest BCUT2D eigenvalue weighted by atomic mass is 16.5. The highest BCUT2D eigenvalue weighted by Gasteiger charge is 2.33. The Bertz CT molecular complexity index is 898.